The third-order valence-electron chi connectivity index (χ3n) is 10.8. The molecule has 9 rings (SSSR count). The van der Waals surface area contributed by atoms with E-state index in [4.69, 9.17) is 19.9 Å². The van der Waals surface area contributed by atoms with Crippen molar-refractivity contribution in [3.8, 4) is 62.2 Å². The van der Waals surface area contributed by atoms with Gasteiger partial charge in [-0.2, -0.15) is 0 Å². The highest BCUT2D eigenvalue weighted by Crippen LogP contribution is 2.41. The second-order valence-electron chi connectivity index (χ2n) is 16.8. The van der Waals surface area contributed by atoms with Crippen LogP contribution in [0.5, 0.6) is 0 Å². The number of nitrogens with zero attached hydrogens (tertiary/aromatic N) is 5. The number of fused-ring (bicyclic) bond motifs is 3. The molecule has 278 valence electrons. The normalized spacial score (nSPS) is 12.0. The summed E-state index contributed by atoms with van der Waals surface area (Å²) in [5, 5.41) is 2.39. The molecule has 0 atom stereocenters. The molecule has 0 aliphatic rings. The number of rotatable bonds is 6. The Labute approximate surface area is 334 Å². The van der Waals surface area contributed by atoms with Crippen molar-refractivity contribution in [2.45, 2.75) is 52.4 Å². The standard InChI is InChI=1S/C52H45N5/c1-51(2,3)38-26-28-45-42(31-38)43-32-39(52(4,5)6)27-29-46(43)57(45)50-44(30-37(33-53-50)41-25-17-16-24-40(41)34-18-10-7-11-19-34)49-55-47(35-20-12-8-13-21-35)54-48(56-49)36-22-14-9-15-23-36/h7-33H,1-6H3. The fourth-order valence-electron chi connectivity index (χ4n) is 7.67. The molecule has 0 N–H and O–H groups in total. The average molecular weight is 740 g/mol. The van der Waals surface area contributed by atoms with E-state index in [1.807, 2.05) is 66.9 Å². The first kappa shape index (κ1) is 35.9. The summed E-state index contributed by atoms with van der Waals surface area (Å²) in [5.74, 6) is 2.52. The van der Waals surface area contributed by atoms with Crippen LogP contribution in [-0.2, 0) is 10.8 Å². The Hall–Kier alpha value is -6.72. The first-order valence-electron chi connectivity index (χ1n) is 19.6. The monoisotopic (exact) mass is 739 g/mol. The maximum absolute atomic E-state index is 5.42. The van der Waals surface area contributed by atoms with Crippen LogP contribution in [0.3, 0.4) is 0 Å². The minimum absolute atomic E-state index is 0.0198. The van der Waals surface area contributed by atoms with Crippen LogP contribution >= 0.6 is 0 Å². The number of aromatic nitrogens is 5. The minimum atomic E-state index is -0.0198. The average Bonchev–Trinajstić information content (AvgIpc) is 3.56. The summed E-state index contributed by atoms with van der Waals surface area (Å²) in [4.78, 5) is 21.0. The van der Waals surface area contributed by atoms with E-state index in [2.05, 4.69) is 143 Å². The number of pyridine rings is 1. The molecule has 0 bridgehead atoms. The smallest absolute Gasteiger partial charge is 0.167 e. The zero-order chi connectivity index (χ0) is 39.3. The Balaban J connectivity index is 1.38. The molecule has 3 heterocycles. The molecule has 3 aromatic heterocycles. The molecule has 0 aliphatic heterocycles. The van der Waals surface area contributed by atoms with Crippen molar-refractivity contribution in [1.29, 1.82) is 0 Å². The fourth-order valence-corrected chi connectivity index (χ4v) is 7.67. The zero-order valence-corrected chi connectivity index (χ0v) is 33.3. The van der Waals surface area contributed by atoms with Crippen LogP contribution in [0.4, 0.5) is 0 Å². The SMILES string of the molecule is CC(C)(C)c1ccc2c(c1)c1cc(C(C)(C)C)ccc1n2-c1ncc(-c2ccccc2-c2ccccc2)cc1-c1nc(-c2ccccc2)nc(-c2ccccc2)n1. The highest BCUT2D eigenvalue weighted by atomic mass is 15.1. The van der Waals surface area contributed by atoms with Gasteiger partial charge < -0.3 is 0 Å². The lowest BCUT2D eigenvalue weighted by Crippen LogP contribution is -2.10. The Morgan fingerprint density at radius 1 is 0.386 bits per heavy atom. The highest BCUT2D eigenvalue weighted by Gasteiger charge is 2.25. The van der Waals surface area contributed by atoms with Crippen LogP contribution in [0.25, 0.3) is 84.0 Å². The number of hydrogen-bond donors (Lipinski definition) is 0. The van der Waals surface area contributed by atoms with Gasteiger partial charge >= 0.3 is 0 Å². The number of hydrogen-bond acceptors (Lipinski definition) is 4. The van der Waals surface area contributed by atoms with Crippen molar-refractivity contribution < 1.29 is 0 Å². The first-order valence-corrected chi connectivity index (χ1v) is 19.6. The predicted octanol–water partition coefficient (Wildman–Crippen LogP) is 13.3. The second kappa shape index (κ2) is 14.1. The van der Waals surface area contributed by atoms with Crippen molar-refractivity contribution >= 4 is 21.8 Å². The predicted molar refractivity (Wildman–Crippen MR) is 237 cm³/mol. The van der Waals surface area contributed by atoms with Gasteiger partial charge in [0.1, 0.15) is 5.82 Å². The Kier molecular flexibility index (Phi) is 8.89. The molecule has 0 amide bonds. The third-order valence-corrected chi connectivity index (χ3v) is 10.8. The molecule has 57 heavy (non-hydrogen) atoms. The summed E-state index contributed by atoms with van der Waals surface area (Å²) in [5.41, 5.74) is 11.7. The van der Waals surface area contributed by atoms with Crippen LogP contribution in [0.15, 0.2) is 164 Å². The summed E-state index contributed by atoms with van der Waals surface area (Å²) in [6.45, 7) is 13.6. The van der Waals surface area contributed by atoms with Crippen molar-refractivity contribution in [2.75, 3.05) is 0 Å². The van der Waals surface area contributed by atoms with Gasteiger partial charge in [-0.25, -0.2) is 19.9 Å². The molecule has 5 nitrogen and oxygen atoms in total. The Bertz CT molecular complexity index is 2770. The van der Waals surface area contributed by atoms with Gasteiger partial charge in [0.15, 0.2) is 17.5 Å². The maximum atomic E-state index is 5.42. The van der Waals surface area contributed by atoms with E-state index in [1.165, 1.54) is 21.9 Å². The van der Waals surface area contributed by atoms with Crippen LogP contribution in [0.1, 0.15) is 52.7 Å². The Morgan fingerprint density at radius 2 is 0.807 bits per heavy atom. The molecule has 9 aromatic rings. The maximum Gasteiger partial charge on any atom is 0.167 e. The molecule has 0 spiro atoms. The van der Waals surface area contributed by atoms with E-state index in [1.54, 1.807) is 0 Å². The van der Waals surface area contributed by atoms with E-state index < -0.39 is 0 Å². The van der Waals surface area contributed by atoms with E-state index >= 15 is 0 Å². The summed E-state index contributed by atoms with van der Waals surface area (Å²) < 4.78 is 2.31. The summed E-state index contributed by atoms with van der Waals surface area (Å²) in [7, 11) is 0. The van der Waals surface area contributed by atoms with Crippen molar-refractivity contribution in [1.82, 2.24) is 24.5 Å². The van der Waals surface area contributed by atoms with Gasteiger partial charge in [0, 0.05) is 33.7 Å². The minimum Gasteiger partial charge on any atom is -0.293 e. The van der Waals surface area contributed by atoms with Gasteiger partial charge in [0.2, 0.25) is 0 Å². The van der Waals surface area contributed by atoms with Crippen molar-refractivity contribution in [3.63, 3.8) is 0 Å². The molecular formula is C52H45N5. The third kappa shape index (κ3) is 6.80. The van der Waals surface area contributed by atoms with E-state index in [0.29, 0.717) is 17.5 Å². The van der Waals surface area contributed by atoms with Crippen LogP contribution in [-0.4, -0.2) is 24.5 Å². The largest absolute Gasteiger partial charge is 0.293 e. The number of benzene rings is 6. The second-order valence-corrected chi connectivity index (χ2v) is 16.8. The lowest BCUT2D eigenvalue weighted by molar-refractivity contribution is 0.590. The van der Waals surface area contributed by atoms with Gasteiger partial charge in [-0.15, -0.1) is 0 Å². The van der Waals surface area contributed by atoms with E-state index in [0.717, 1.165) is 55.8 Å². The van der Waals surface area contributed by atoms with Crippen LogP contribution in [0.2, 0.25) is 0 Å². The summed E-state index contributed by atoms with van der Waals surface area (Å²) in [6, 6.07) is 55.3. The Morgan fingerprint density at radius 3 is 1.28 bits per heavy atom. The van der Waals surface area contributed by atoms with Crippen LogP contribution in [0, 0.1) is 0 Å². The molecule has 5 heteroatoms. The quantitative estimate of drug-likeness (QED) is 0.170. The molecule has 0 saturated carbocycles. The topological polar surface area (TPSA) is 56.5 Å². The summed E-state index contributed by atoms with van der Waals surface area (Å²) >= 11 is 0. The van der Waals surface area contributed by atoms with Crippen molar-refractivity contribution in [3.05, 3.63) is 175 Å². The fraction of sp³-hybridized carbons (Fsp3) is 0.154. The molecule has 0 unspecified atom stereocenters. The van der Waals surface area contributed by atoms with E-state index in [-0.39, 0.29) is 10.8 Å². The van der Waals surface area contributed by atoms with Gasteiger partial charge in [-0.1, -0.05) is 169 Å². The first-order chi connectivity index (χ1) is 27.5. The molecular weight excluding hydrogens is 695 g/mol. The summed E-state index contributed by atoms with van der Waals surface area (Å²) in [6.07, 6.45) is 2.00. The molecule has 6 aromatic carbocycles. The van der Waals surface area contributed by atoms with E-state index in [9.17, 15) is 0 Å². The van der Waals surface area contributed by atoms with Gasteiger partial charge in [0.25, 0.3) is 0 Å². The van der Waals surface area contributed by atoms with Crippen LogP contribution < -0.4 is 0 Å². The van der Waals surface area contributed by atoms with Gasteiger partial charge in [-0.3, -0.25) is 4.57 Å². The molecule has 0 radical (unpaired) electrons. The zero-order valence-electron chi connectivity index (χ0n) is 33.3. The van der Waals surface area contributed by atoms with Crippen molar-refractivity contribution in [2.24, 2.45) is 0 Å². The van der Waals surface area contributed by atoms with Gasteiger partial charge in [0.05, 0.1) is 16.6 Å². The molecule has 0 fully saturated rings. The lowest BCUT2D eigenvalue weighted by atomic mass is 9.85. The van der Waals surface area contributed by atoms with Gasteiger partial charge in [-0.05, 0) is 69.0 Å². The molecule has 0 aliphatic carbocycles. The highest BCUT2D eigenvalue weighted by molar-refractivity contribution is 6.10. The molecule has 0 saturated heterocycles. The lowest BCUT2D eigenvalue weighted by Gasteiger charge is -2.19.